The van der Waals surface area contributed by atoms with Crippen LogP contribution in [0.15, 0.2) is 35.6 Å². The molecule has 1 heterocycles. The van der Waals surface area contributed by atoms with E-state index in [9.17, 15) is 9.59 Å². The molecule has 0 saturated heterocycles. The van der Waals surface area contributed by atoms with Gasteiger partial charge in [-0.25, -0.2) is 4.79 Å². The second kappa shape index (κ2) is 3.38. The number of allylic oxidation sites excluding steroid dienone is 2. The molecule has 0 spiro atoms. The molecule has 2 atom stereocenters. The first-order valence-electron chi connectivity index (χ1n) is 4.70. The Morgan fingerprint density at radius 1 is 1.40 bits per heavy atom. The van der Waals surface area contributed by atoms with Crippen LogP contribution in [-0.4, -0.2) is 22.9 Å². The lowest BCUT2D eigenvalue weighted by molar-refractivity contribution is -0.133. The van der Waals surface area contributed by atoms with Gasteiger partial charge in [0.15, 0.2) is 5.78 Å². The minimum Gasteiger partial charge on any atom is -0.477 e. The molecule has 0 aromatic heterocycles. The van der Waals surface area contributed by atoms with Crippen LogP contribution >= 0.6 is 0 Å². The smallest absolute Gasteiger partial charge is 0.351 e. The molecule has 0 aromatic rings. The third-order valence-electron chi connectivity index (χ3n) is 2.59. The van der Waals surface area contributed by atoms with Gasteiger partial charge in [0.2, 0.25) is 0 Å². The van der Waals surface area contributed by atoms with Crippen molar-refractivity contribution in [1.29, 1.82) is 0 Å². The predicted molar refractivity (Wildman–Crippen MR) is 54.0 cm³/mol. The third kappa shape index (κ3) is 1.70. The predicted octanol–water partition coefficient (Wildman–Crippen LogP) is 0.628. The van der Waals surface area contributed by atoms with Crippen LogP contribution in [-0.2, 0) is 9.59 Å². The molecule has 1 aliphatic carbocycles. The van der Waals surface area contributed by atoms with Gasteiger partial charge in [0.25, 0.3) is 0 Å². The number of aliphatic carboxylic acids is 1. The quantitative estimate of drug-likeness (QED) is 0.693. The Labute approximate surface area is 87.0 Å². The molecule has 0 radical (unpaired) electrons. The van der Waals surface area contributed by atoms with Crippen LogP contribution in [0.1, 0.15) is 6.92 Å². The lowest BCUT2D eigenvalue weighted by Gasteiger charge is -2.18. The van der Waals surface area contributed by atoms with E-state index < -0.39 is 5.97 Å². The van der Waals surface area contributed by atoms with E-state index in [4.69, 9.17) is 5.11 Å². The number of hydrogen-bond donors (Lipinski definition) is 2. The van der Waals surface area contributed by atoms with Crippen LogP contribution in [0.3, 0.4) is 0 Å². The number of ketones is 1. The van der Waals surface area contributed by atoms with E-state index in [1.165, 1.54) is 6.92 Å². The summed E-state index contributed by atoms with van der Waals surface area (Å²) in [5.74, 6) is -0.926. The molecule has 78 valence electrons. The maximum atomic E-state index is 11.1. The van der Waals surface area contributed by atoms with E-state index in [1.807, 2.05) is 6.08 Å². The van der Waals surface area contributed by atoms with Crippen molar-refractivity contribution in [3.05, 3.63) is 35.6 Å². The molecule has 0 fully saturated rings. The fourth-order valence-corrected chi connectivity index (χ4v) is 1.78. The Morgan fingerprint density at radius 2 is 2.13 bits per heavy atom. The van der Waals surface area contributed by atoms with Crippen molar-refractivity contribution in [3.8, 4) is 0 Å². The molecule has 0 amide bonds. The first-order chi connectivity index (χ1) is 7.08. The highest BCUT2D eigenvalue weighted by Crippen LogP contribution is 2.25. The van der Waals surface area contributed by atoms with Gasteiger partial charge in [0.05, 0.1) is 6.04 Å². The molecule has 2 unspecified atom stereocenters. The van der Waals surface area contributed by atoms with Crippen molar-refractivity contribution in [1.82, 2.24) is 5.32 Å². The van der Waals surface area contributed by atoms with Crippen molar-refractivity contribution in [3.63, 3.8) is 0 Å². The number of carbonyl (C=O) groups is 2. The second-order valence-corrected chi connectivity index (χ2v) is 3.67. The molecule has 0 aromatic carbocycles. The van der Waals surface area contributed by atoms with Gasteiger partial charge < -0.3 is 10.4 Å². The van der Waals surface area contributed by atoms with Gasteiger partial charge in [-0.3, -0.25) is 4.79 Å². The van der Waals surface area contributed by atoms with E-state index in [1.54, 1.807) is 18.2 Å². The third-order valence-corrected chi connectivity index (χ3v) is 2.59. The van der Waals surface area contributed by atoms with Gasteiger partial charge in [0, 0.05) is 11.5 Å². The molecule has 2 rings (SSSR count). The number of hydrogen-bond acceptors (Lipinski definition) is 3. The summed E-state index contributed by atoms with van der Waals surface area (Å²) in [5, 5.41) is 11.7. The minimum atomic E-state index is -0.962. The summed E-state index contributed by atoms with van der Waals surface area (Å²) in [5.41, 5.74) is 0.833. The summed E-state index contributed by atoms with van der Waals surface area (Å²) in [6.45, 7) is 1.50. The Balaban J connectivity index is 2.21. The maximum Gasteiger partial charge on any atom is 0.351 e. The molecule has 0 saturated carbocycles. The number of rotatable bonds is 2. The van der Waals surface area contributed by atoms with Crippen LogP contribution in [0, 0.1) is 5.92 Å². The Kier molecular flexibility index (Phi) is 2.19. The summed E-state index contributed by atoms with van der Waals surface area (Å²) < 4.78 is 0. The molecule has 4 heteroatoms. The monoisotopic (exact) mass is 205 g/mol. The van der Waals surface area contributed by atoms with Gasteiger partial charge in [-0.2, -0.15) is 0 Å². The first-order valence-corrected chi connectivity index (χ1v) is 4.70. The van der Waals surface area contributed by atoms with Crippen molar-refractivity contribution in [2.45, 2.75) is 13.0 Å². The number of Topliss-reactive ketones (excluding diaryl/α,β-unsaturated/α-hetero) is 1. The topological polar surface area (TPSA) is 66.4 Å². The number of fused-ring (bicyclic) bond motifs is 1. The average molecular weight is 205 g/mol. The first kappa shape index (κ1) is 9.71. The van der Waals surface area contributed by atoms with E-state index in [0.29, 0.717) is 5.57 Å². The Hall–Kier alpha value is -1.84. The molecular formula is C11H11NO3. The zero-order valence-electron chi connectivity index (χ0n) is 8.23. The molecule has 2 N–H and O–H groups in total. The summed E-state index contributed by atoms with van der Waals surface area (Å²) in [4.78, 5) is 21.8. The largest absolute Gasteiger partial charge is 0.477 e. The number of carboxylic acid groups (broad SMARTS) is 1. The SMILES string of the molecule is CC(=O)C1=CC2NC(C(=O)O)=CC2C=C1. The minimum absolute atomic E-state index is 0.00437. The zero-order chi connectivity index (χ0) is 11.0. The van der Waals surface area contributed by atoms with Gasteiger partial charge >= 0.3 is 5.97 Å². The van der Waals surface area contributed by atoms with Crippen LogP contribution < -0.4 is 5.32 Å². The molecule has 0 bridgehead atoms. The van der Waals surface area contributed by atoms with Crippen molar-refractivity contribution >= 4 is 11.8 Å². The summed E-state index contributed by atoms with van der Waals surface area (Å²) in [6, 6.07) is -0.0972. The van der Waals surface area contributed by atoms with E-state index in [0.717, 1.165) is 0 Å². The van der Waals surface area contributed by atoms with E-state index >= 15 is 0 Å². The van der Waals surface area contributed by atoms with Gasteiger partial charge in [-0.1, -0.05) is 18.2 Å². The highest BCUT2D eigenvalue weighted by Gasteiger charge is 2.29. The highest BCUT2D eigenvalue weighted by atomic mass is 16.4. The number of nitrogens with one attached hydrogen (secondary N) is 1. The van der Waals surface area contributed by atoms with Crippen LogP contribution in [0.2, 0.25) is 0 Å². The Bertz CT molecular complexity index is 418. The van der Waals surface area contributed by atoms with Crippen molar-refractivity contribution < 1.29 is 14.7 Å². The number of carboxylic acids is 1. The second-order valence-electron chi connectivity index (χ2n) is 3.67. The fraction of sp³-hybridized carbons (Fsp3) is 0.273. The fourth-order valence-electron chi connectivity index (χ4n) is 1.78. The normalized spacial score (nSPS) is 27.5. The Morgan fingerprint density at radius 3 is 2.73 bits per heavy atom. The van der Waals surface area contributed by atoms with Gasteiger partial charge in [-0.05, 0) is 13.0 Å². The van der Waals surface area contributed by atoms with Crippen LogP contribution in [0.4, 0.5) is 0 Å². The van der Waals surface area contributed by atoms with Gasteiger partial charge in [-0.15, -0.1) is 0 Å². The average Bonchev–Trinajstić information content (AvgIpc) is 2.59. The number of carbonyl (C=O) groups excluding carboxylic acids is 1. The molecule has 15 heavy (non-hydrogen) atoms. The standard InChI is InChI=1S/C11H11NO3/c1-6(13)7-2-3-8-5-10(11(14)15)12-9(8)4-7/h2-5,8-9,12H,1H3,(H,14,15). The van der Waals surface area contributed by atoms with Crippen LogP contribution in [0.5, 0.6) is 0 Å². The molecular weight excluding hydrogens is 194 g/mol. The van der Waals surface area contributed by atoms with E-state index in [-0.39, 0.29) is 23.4 Å². The summed E-state index contributed by atoms with van der Waals surface area (Å²) in [6.07, 6.45) is 7.03. The lowest BCUT2D eigenvalue weighted by Crippen LogP contribution is -2.30. The summed E-state index contributed by atoms with van der Waals surface area (Å²) >= 11 is 0. The maximum absolute atomic E-state index is 11.1. The van der Waals surface area contributed by atoms with Crippen molar-refractivity contribution in [2.24, 2.45) is 5.92 Å². The molecule has 1 aliphatic heterocycles. The van der Waals surface area contributed by atoms with Crippen LogP contribution in [0.25, 0.3) is 0 Å². The zero-order valence-corrected chi connectivity index (χ0v) is 8.23. The lowest BCUT2D eigenvalue weighted by atomic mass is 9.92. The summed E-state index contributed by atoms with van der Waals surface area (Å²) in [7, 11) is 0. The molecule has 2 aliphatic rings. The van der Waals surface area contributed by atoms with E-state index in [2.05, 4.69) is 5.32 Å². The van der Waals surface area contributed by atoms with Crippen molar-refractivity contribution in [2.75, 3.05) is 0 Å². The highest BCUT2D eigenvalue weighted by molar-refractivity contribution is 5.96. The molecule has 4 nitrogen and oxygen atoms in total. The van der Waals surface area contributed by atoms with Gasteiger partial charge in [0.1, 0.15) is 5.70 Å².